The van der Waals surface area contributed by atoms with Crippen molar-refractivity contribution in [3.63, 3.8) is 0 Å². The van der Waals surface area contributed by atoms with Crippen molar-refractivity contribution in [3.05, 3.63) is 0 Å². The highest BCUT2D eigenvalue weighted by molar-refractivity contribution is 4.48. The first-order chi connectivity index (χ1) is 3.63. The highest BCUT2D eigenvalue weighted by atomic mass is 16.5. The van der Waals surface area contributed by atoms with Crippen LogP contribution in [0.3, 0.4) is 0 Å². The van der Waals surface area contributed by atoms with Crippen LogP contribution in [-0.4, -0.2) is 29.3 Å². The first-order valence-electron chi connectivity index (χ1n) is 2.23. The van der Waals surface area contributed by atoms with Crippen LogP contribution < -0.4 is 16.8 Å². The maximum atomic E-state index is 8.18. The van der Waals surface area contributed by atoms with Crippen LogP contribution >= 0.6 is 0 Å². The molecule has 0 unspecified atom stereocenters. The van der Waals surface area contributed by atoms with E-state index in [0.29, 0.717) is 0 Å². The molecule has 0 bridgehead atoms. The Morgan fingerprint density at radius 3 is 2.00 bits per heavy atom. The normalized spacial score (nSPS) is 11.2. The lowest BCUT2D eigenvalue weighted by molar-refractivity contribution is -0.0386. The molecule has 0 rings (SSSR count). The third-order valence-corrected chi connectivity index (χ3v) is 0.536. The van der Waals surface area contributed by atoms with E-state index in [1.165, 1.54) is 0 Å². The summed E-state index contributed by atoms with van der Waals surface area (Å²) >= 11 is 0. The van der Waals surface area contributed by atoms with Gasteiger partial charge in [-0.1, -0.05) is 0 Å². The van der Waals surface area contributed by atoms with Crippen LogP contribution in [0.5, 0.6) is 0 Å². The first kappa shape index (κ1) is 7.80. The number of rotatable bonds is 3. The minimum atomic E-state index is -1.38. The molecule has 0 aliphatic carbocycles. The van der Waals surface area contributed by atoms with Crippen molar-refractivity contribution in [2.24, 2.45) is 11.5 Å². The second-order valence-corrected chi connectivity index (χ2v) is 1.41. The topological polar surface area (TPSA) is 105 Å². The third kappa shape index (κ3) is 5.80. The summed E-state index contributed by atoms with van der Waals surface area (Å²) in [5.74, 6) is 0. The van der Waals surface area contributed by atoms with Gasteiger partial charge in [0.25, 0.3) is 0 Å². The molecular weight excluding hydrogens is 110 g/mol. The van der Waals surface area contributed by atoms with Crippen molar-refractivity contribution in [1.82, 2.24) is 5.32 Å². The highest BCUT2D eigenvalue weighted by Gasteiger charge is 1.96. The van der Waals surface area contributed by atoms with Crippen LogP contribution in [0.25, 0.3) is 0 Å². The van der Waals surface area contributed by atoms with Crippen molar-refractivity contribution >= 4 is 0 Å². The summed E-state index contributed by atoms with van der Waals surface area (Å²) < 4.78 is 0. The predicted octanol–water partition coefficient (Wildman–Crippen LogP) is -2.91. The van der Waals surface area contributed by atoms with E-state index in [-0.39, 0.29) is 6.54 Å². The van der Waals surface area contributed by atoms with Gasteiger partial charge >= 0.3 is 0 Å². The van der Waals surface area contributed by atoms with Gasteiger partial charge < -0.3 is 21.7 Å². The summed E-state index contributed by atoms with van der Waals surface area (Å²) in [5.41, 5.74) is 9.97. The van der Waals surface area contributed by atoms with Gasteiger partial charge in [0.2, 0.25) is 0 Å². The first-order valence-corrected chi connectivity index (χ1v) is 2.23. The monoisotopic (exact) mass is 121 g/mol. The Morgan fingerprint density at radius 1 is 1.38 bits per heavy atom. The molecule has 0 aromatic carbocycles. The number of aliphatic hydroxyl groups excluding tert-OH is 1. The number of nitrogens with two attached hydrogens (primary N) is 2. The van der Waals surface area contributed by atoms with Gasteiger partial charge in [-0.05, 0) is 0 Å². The van der Waals surface area contributed by atoms with Crippen LogP contribution in [-0.2, 0) is 0 Å². The Balaban J connectivity index is 2.93. The number of hydrogen-bond donors (Lipinski definition) is 5. The zero-order valence-corrected chi connectivity index (χ0v) is 4.41. The van der Waals surface area contributed by atoms with Crippen molar-refractivity contribution in [1.29, 1.82) is 0 Å². The lowest BCUT2D eigenvalue weighted by Gasteiger charge is -2.07. The van der Waals surface area contributed by atoms with E-state index < -0.39 is 12.6 Å². The van der Waals surface area contributed by atoms with Gasteiger partial charge in [0.05, 0.1) is 0 Å². The maximum absolute atomic E-state index is 8.18. The lowest BCUT2D eigenvalue weighted by atomic mass is 10.6. The second kappa shape index (κ2) is 3.76. The molecule has 8 heavy (non-hydrogen) atoms. The number of aliphatic hydroxyl groups is 2. The molecule has 0 saturated heterocycles. The van der Waals surface area contributed by atoms with Crippen molar-refractivity contribution in [3.8, 4) is 0 Å². The maximum Gasteiger partial charge on any atom is 0.164 e. The Morgan fingerprint density at radius 2 is 1.88 bits per heavy atom. The Bertz CT molecular complexity index is 48.5. The SMILES string of the molecule is NC(N)NCC(O)O. The van der Waals surface area contributed by atoms with Crippen LogP contribution in [0.1, 0.15) is 0 Å². The van der Waals surface area contributed by atoms with Gasteiger partial charge in [-0.2, -0.15) is 0 Å². The second-order valence-electron chi connectivity index (χ2n) is 1.41. The van der Waals surface area contributed by atoms with E-state index in [0.717, 1.165) is 0 Å². The molecule has 5 heteroatoms. The van der Waals surface area contributed by atoms with E-state index in [1.54, 1.807) is 0 Å². The molecule has 0 saturated carbocycles. The minimum Gasteiger partial charge on any atom is -0.367 e. The minimum absolute atomic E-state index is 0.00231. The highest BCUT2D eigenvalue weighted by Crippen LogP contribution is 1.66. The zero-order valence-electron chi connectivity index (χ0n) is 4.41. The average molecular weight is 121 g/mol. The fourth-order valence-electron chi connectivity index (χ4n) is 0.241. The molecule has 0 fully saturated rings. The van der Waals surface area contributed by atoms with Gasteiger partial charge in [0.15, 0.2) is 6.29 Å². The standard InChI is InChI=1S/C3H11N3O2/c4-3(5)6-1-2(7)8/h2-3,6-8H,1,4-5H2. The van der Waals surface area contributed by atoms with Crippen LogP contribution in [0.4, 0.5) is 0 Å². The van der Waals surface area contributed by atoms with Crippen molar-refractivity contribution < 1.29 is 10.2 Å². The third-order valence-electron chi connectivity index (χ3n) is 0.536. The molecule has 5 nitrogen and oxygen atoms in total. The van der Waals surface area contributed by atoms with Gasteiger partial charge in [0.1, 0.15) is 6.29 Å². The van der Waals surface area contributed by atoms with Crippen LogP contribution in [0, 0.1) is 0 Å². The smallest absolute Gasteiger partial charge is 0.164 e. The molecule has 0 amide bonds. The summed E-state index contributed by atoms with van der Waals surface area (Å²) in [7, 11) is 0. The molecular formula is C3H11N3O2. The van der Waals surface area contributed by atoms with Gasteiger partial charge in [-0.25, -0.2) is 0 Å². The van der Waals surface area contributed by atoms with E-state index in [1.807, 2.05) is 0 Å². The fourth-order valence-corrected chi connectivity index (χ4v) is 0.241. The Hall–Kier alpha value is -0.200. The molecule has 0 spiro atoms. The van der Waals surface area contributed by atoms with Crippen molar-refractivity contribution in [2.45, 2.75) is 12.6 Å². The van der Waals surface area contributed by atoms with E-state index in [2.05, 4.69) is 5.32 Å². The average Bonchev–Trinajstić information content (AvgIpc) is 1.61. The largest absolute Gasteiger partial charge is 0.367 e. The lowest BCUT2D eigenvalue weighted by Crippen LogP contribution is -2.47. The summed E-state index contributed by atoms with van der Waals surface area (Å²) in [4.78, 5) is 0. The van der Waals surface area contributed by atoms with Crippen LogP contribution in [0.15, 0.2) is 0 Å². The van der Waals surface area contributed by atoms with Gasteiger partial charge in [-0.15, -0.1) is 0 Å². The summed E-state index contributed by atoms with van der Waals surface area (Å²) in [6.45, 7) is -0.00231. The molecule has 0 aromatic heterocycles. The van der Waals surface area contributed by atoms with E-state index in [9.17, 15) is 0 Å². The molecule has 50 valence electrons. The molecule has 0 aliphatic heterocycles. The summed E-state index contributed by atoms with van der Waals surface area (Å²) in [5, 5.41) is 18.8. The van der Waals surface area contributed by atoms with Crippen LogP contribution in [0.2, 0.25) is 0 Å². The fraction of sp³-hybridized carbons (Fsp3) is 1.00. The quantitative estimate of drug-likeness (QED) is 0.257. The predicted molar refractivity (Wildman–Crippen MR) is 28.4 cm³/mol. The van der Waals surface area contributed by atoms with E-state index >= 15 is 0 Å². The zero-order chi connectivity index (χ0) is 6.57. The summed E-state index contributed by atoms with van der Waals surface area (Å²) in [6.07, 6.45) is -2.07. The van der Waals surface area contributed by atoms with E-state index in [4.69, 9.17) is 21.7 Å². The number of hydrogen-bond acceptors (Lipinski definition) is 5. The van der Waals surface area contributed by atoms with Gasteiger partial charge in [-0.3, -0.25) is 5.32 Å². The van der Waals surface area contributed by atoms with Gasteiger partial charge in [0, 0.05) is 6.54 Å². The summed E-state index contributed by atoms with van der Waals surface area (Å²) in [6, 6.07) is 0. The molecule has 0 aliphatic rings. The molecule has 7 N–H and O–H groups in total. The molecule has 0 atom stereocenters. The Labute approximate surface area is 47.3 Å². The Kier molecular flexibility index (Phi) is 3.67. The molecule has 0 heterocycles. The molecule has 0 radical (unpaired) electrons. The van der Waals surface area contributed by atoms with Crippen molar-refractivity contribution in [2.75, 3.05) is 6.54 Å². The number of nitrogens with one attached hydrogen (secondary N) is 1. The molecule has 0 aromatic rings.